The quantitative estimate of drug-likeness (QED) is 0.455. The number of aliphatic hydroxyl groups is 1. The zero-order valence-electron chi connectivity index (χ0n) is 18.0. The number of hydrogen-bond acceptors (Lipinski definition) is 4. The lowest BCUT2D eigenvalue weighted by atomic mass is 9.85. The van der Waals surface area contributed by atoms with Gasteiger partial charge in [0.25, 0.3) is 0 Å². The van der Waals surface area contributed by atoms with Crippen LogP contribution in [0.4, 0.5) is 0 Å². The second-order valence-electron chi connectivity index (χ2n) is 9.15. The molecule has 0 saturated heterocycles. The summed E-state index contributed by atoms with van der Waals surface area (Å²) in [5, 5.41) is 20.0. The summed E-state index contributed by atoms with van der Waals surface area (Å²) in [7, 11) is 0. The highest BCUT2D eigenvalue weighted by molar-refractivity contribution is 5.39. The lowest BCUT2D eigenvalue weighted by Gasteiger charge is -2.29. The summed E-state index contributed by atoms with van der Waals surface area (Å²) in [5.74, 6) is 2.62. The van der Waals surface area contributed by atoms with Crippen molar-refractivity contribution in [3.63, 3.8) is 0 Å². The highest BCUT2D eigenvalue weighted by Crippen LogP contribution is 2.28. The second-order valence-corrected chi connectivity index (χ2v) is 9.15. The minimum atomic E-state index is -0.596. The second kappa shape index (κ2) is 11.6. The van der Waals surface area contributed by atoms with Gasteiger partial charge < -0.3 is 20.7 Å². The van der Waals surface area contributed by atoms with Gasteiger partial charge in [-0.2, -0.15) is 0 Å². The summed E-state index contributed by atoms with van der Waals surface area (Å²) in [6, 6.07) is 5.51. The number of benzene rings is 1. The van der Waals surface area contributed by atoms with Crippen LogP contribution < -0.4 is 10.5 Å². The third-order valence-electron chi connectivity index (χ3n) is 5.09. The van der Waals surface area contributed by atoms with Crippen molar-refractivity contribution in [2.75, 3.05) is 13.2 Å². The summed E-state index contributed by atoms with van der Waals surface area (Å²) in [4.78, 5) is 0. The van der Waals surface area contributed by atoms with Crippen molar-refractivity contribution in [2.45, 2.75) is 78.7 Å². The van der Waals surface area contributed by atoms with E-state index >= 15 is 0 Å². The molecule has 0 aliphatic carbocycles. The van der Waals surface area contributed by atoms with Crippen molar-refractivity contribution >= 4 is 0 Å². The van der Waals surface area contributed by atoms with Crippen molar-refractivity contribution in [2.24, 2.45) is 23.5 Å². The Labute approximate surface area is 166 Å². The smallest absolute Gasteiger partial charge is 0.123 e. The van der Waals surface area contributed by atoms with E-state index in [1.807, 2.05) is 12.1 Å². The molecule has 0 aromatic heterocycles. The third kappa shape index (κ3) is 9.48. The Kier molecular flexibility index (Phi) is 10.2. The van der Waals surface area contributed by atoms with Gasteiger partial charge in [0.15, 0.2) is 0 Å². The van der Waals surface area contributed by atoms with E-state index in [0.29, 0.717) is 37.0 Å². The van der Waals surface area contributed by atoms with E-state index < -0.39 is 5.54 Å². The summed E-state index contributed by atoms with van der Waals surface area (Å²) >= 11 is 0. The number of hydrogen-bond donors (Lipinski definition) is 3. The van der Waals surface area contributed by atoms with Crippen LogP contribution in [0.1, 0.15) is 72.3 Å². The maximum absolute atomic E-state index is 10.3. The number of rotatable bonds is 13. The molecular weight excluding hydrogens is 338 g/mol. The Bertz CT molecular complexity index is 544. The van der Waals surface area contributed by atoms with Gasteiger partial charge in [-0.05, 0) is 55.1 Å². The summed E-state index contributed by atoms with van der Waals surface area (Å²) in [5.41, 5.74) is 6.56. The molecule has 1 aromatic carbocycles. The first-order valence-electron chi connectivity index (χ1n) is 10.5. The Balaban J connectivity index is 2.51. The fourth-order valence-electron chi connectivity index (χ4n) is 3.48. The van der Waals surface area contributed by atoms with E-state index in [1.54, 1.807) is 6.07 Å². The topological polar surface area (TPSA) is 75.7 Å². The van der Waals surface area contributed by atoms with Crippen LogP contribution in [0.5, 0.6) is 11.5 Å². The highest BCUT2D eigenvalue weighted by atomic mass is 16.5. The predicted octanol–water partition coefficient (Wildman–Crippen LogP) is 4.90. The van der Waals surface area contributed by atoms with Gasteiger partial charge in [0.2, 0.25) is 0 Å². The van der Waals surface area contributed by atoms with E-state index in [2.05, 4.69) is 34.6 Å². The first kappa shape index (κ1) is 23.8. The normalized spacial score (nSPS) is 15.1. The number of phenols is 1. The molecule has 2 atom stereocenters. The van der Waals surface area contributed by atoms with Gasteiger partial charge in [0.05, 0.1) is 13.2 Å². The van der Waals surface area contributed by atoms with Crippen LogP contribution in [0, 0.1) is 17.8 Å². The molecule has 0 aliphatic heterocycles. The Morgan fingerprint density at radius 3 is 2.33 bits per heavy atom. The van der Waals surface area contributed by atoms with Crippen molar-refractivity contribution in [1.82, 2.24) is 0 Å². The largest absolute Gasteiger partial charge is 0.508 e. The maximum atomic E-state index is 10.3. The maximum Gasteiger partial charge on any atom is 0.123 e. The molecule has 1 rings (SSSR count). The van der Waals surface area contributed by atoms with E-state index in [9.17, 15) is 10.2 Å². The molecule has 4 heteroatoms. The number of aryl methyl sites for hydroxylation is 1. The number of nitrogens with two attached hydrogens (primary N) is 1. The van der Waals surface area contributed by atoms with Crippen LogP contribution in [0.3, 0.4) is 0 Å². The SMILES string of the molecule is CC(C)CCCC(C)COc1ccc(CC[C@@](N)(CO)CC(C)C)c(O)c1. The van der Waals surface area contributed by atoms with Crippen LogP contribution in [0.15, 0.2) is 18.2 Å². The van der Waals surface area contributed by atoms with Crippen LogP contribution in [0.25, 0.3) is 0 Å². The van der Waals surface area contributed by atoms with Gasteiger partial charge in [-0.3, -0.25) is 0 Å². The minimum Gasteiger partial charge on any atom is -0.508 e. The van der Waals surface area contributed by atoms with Crippen LogP contribution >= 0.6 is 0 Å². The van der Waals surface area contributed by atoms with Crippen molar-refractivity contribution in [3.8, 4) is 11.5 Å². The van der Waals surface area contributed by atoms with Crippen molar-refractivity contribution in [3.05, 3.63) is 23.8 Å². The summed E-state index contributed by atoms with van der Waals surface area (Å²) in [6.07, 6.45) is 5.70. The molecular formula is C23H41NO3. The van der Waals surface area contributed by atoms with E-state index in [0.717, 1.165) is 24.3 Å². The van der Waals surface area contributed by atoms with Crippen molar-refractivity contribution in [1.29, 1.82) is 0 Å². The lowest BCUT2D eigenvalue weighted by molar-refractivity contribution is 0.165. The number of aliphatic hydroxyl groups excluding tert-OH is 1. The molecule has 0 bridgehead atoms. The molecule has 0 amide bonds. The predicted molar refractivity (Wildman–Crippen MR) is 113 cm³/mol. The van der Waals surface area contributed by atoms with Crippen molar-refractivity contribution < 1.29 is 14.9 Å². The first-order valence-corrected chi connectivity index (χ1v) is 10.5. The Morgan fingerprint density at radius 1 is 1.07 bits per heavy atom. The van der Waals surface area contributed by atoms with Gasteiger partial charge >= 0.3 is 0 Å². The lowest BCUT2D eigenvalue weighted by Crippen LogP contribution is -2.45. The third-order valence-corrected chi connectivity index (χ3v) is 5.09. The number of aromatic hydroxyl groups is 1. The molecule has 156 valence electrons. The van der Waals surface area contributed by atoms with Gasteiger partial charge in [-0.15, -0.1) is 0 Å². The fourth-order valence-corrected chi connectivity index (χ4v) is 3.48. The van der Waals surface area contributed by atoms with Gasteiger partial charge in [0, 0.05) is 11.6 Å². The minimum absolute atomic E-state index is 0.0398. The standard InChI is InChI=1S/C23H41NO3/c1-17(2)7-6-8-19(5)15-27-21-10-9-20(22(26)13-21)11-12-23(24,16-25)14-18(3)4/h9-10,13,17-19,25-26H,6-8,11-12,14-16,24H2,1-5H3/t19?,23-/m0/s1. The summed E-state index contributed by atoms with van der Waals surface area (Å²) in [6.45, 7) is 11.5. The number of ether oxygens (including phenoxy) is 1. The molecule has 0 spiro atoms. The van der Waals surface area contributed by atoms with Crippen LogP contribution in [-0.4, -0.2) is 29.0 Å². The Morgan fingerprint density at radius 2 is 1.78 bits per heavy atom. The zero-order valence-corrected chi connectivity index (χ0v) is 18.0. The molecule has 0 heterocycles. The van der Waals surface area contributed by atoms with Gasteiger partial charge in [-0.1, -0.05) is 53.5 Å². The number of phenolic OH excluding ortho intramolecular Hbond substituents is 1. The molecule has 4 nitrogen and oxygen atoms in total. The zero-order chi connectivity index (χ0) is 20.4. The molecule has 0 fully saturated rings. The molecule has 0 saturated carbocycles. The Hall–Kier alpha value is -1.26. The monoisotopic (exact) mass is 379 g/mol. The summed E-state index contributed by atoms with van der Waals surface area (Å²) < 4.78 is 5.86. The van der Waals surface area contributed by atoms with E-state index in [4.69, 9.17) is 10.5 Å². The van der Waals surface area contributed by atoms with E-state index in [1.165, 1.54) is 12.8 Å². The molecule has 0 radical (unpaired) electrons. The van der Waals surface area contributed by atoms with Gasteiger partial charge in [-0.25, -0.2) is 0 Å². The average molecular weight is 380 g/mol. The molecule has 4 N–H and O–H groups in total. The molecule has 0 aliphatic rings. The van der Waals surface area contributed by atoms with Crippen LogP contribution in [-0.2, 0) is 6.42 Å². The average Bonchev–Trinajstić information content (AvgIpc) is 2.58. The molecule has 1 unspecified atom stereocenters. The first-order chi connectivity index (χ1) is 12.6. The molecule has 27 heavy (non-hydrogen) atoms. The van der Waals surface area contributed by atoms with Crippen LogP contribution in [0.2, 0.25) is 0 Å². The highest BCUT2D eigenvalue weighted by Gasteiger charge is 2.25. The fraction of sp³-hybridized carbons (Fsp3) is 0.739. The molecule has 1 aromatic rings. The van der Waals surface area contributed by atoms with Gasteiger partial charge in [0.1, 0.15) is 11.5 Å². The van der Waals surface area contributed by atoms with E-state index in [-0.39, 0.29) is 12.4 Å².